The lowest BCUT2D eigenvalue weighted by atomic mass is 9.65. The maximum Gasteiger partial charge on any atom is 0.317 e. The van der Waals surface area contributed by atoms with E-state index in [2.05, 4.69) is 0 Å². The van der Waals surface area contributed by atoms with Gasteiger partial charge < -0.3 is 16.6 Å². The fourth-order valence-electron chi connectivity index (χ4n) is 2.80. The van der Waals surface area contributed by atoms with Crippen LogP contribution in [0.2, 0.25) is 0 Å². The number of nitrogens with two attached hydrogens (primary N) is 2. The third-order valence-corrected chi connectivity index (χ3v) is 4.73. The summed E-state index contributed by atoms with van der Waals surface area (Å²) in [5.41, 5.74) is 10.3. The first-order chi connectivity index (χ1) is 8.89. The van der Waals surface area contributed by atoms with Gasteiger partial charge in [0.25, 0.3) is 0 Å². The molecule has 5 nitrogen and oxygen atoms in total. The molecule has 1 rings (SSSR count). The maximum absolute atomic E-state index is 12.5. The Kier molecular flexibility index (Phi) is 5.50. The van der Waals surface area contributed by atoms with E-state index in [1.165, 1.54) is 0 Å². The third kappa shape index (κ3) is 3.15. The highest BCUT2D eigenvalue weighted by molar-refractivity contribution is 6.05. The van der Waals surface area contributed by atoms with Crippen LogP contribution in [0.1, 0.15) is 46.0 Å². The van der Waals surface area contributed by atoms with Gasteiger partial charge in [-0.3, -0.25) is 9.59 Å². The van der Waals surface area contributed by atoms with Crippen LogP contribution in [0.4, 0.5) is 0 Å². The zero-order valence-corrected chi connectivity index (χ0v) is 11.9. The van der Waals surface area contributed by atoms with Gasteiger partial charge in [0.1, 0.15) is 5.41 Å². The van der Waals surface area contributed by atoms with Crippen molar-refractivity contribution in [1.82, 2.24) is 0 Å². The second-order valence-electron chi connectivity index (χ2n) is 5.84. The van der Waals surface area contributed by atoms with Crippen molar-refractivity contribution in [1.29, 1.82) is 0 Å². The Labute approximate surface area is 114 Å². The van der Waals surface area contributed by atoms with E-state index in [0.29, 0.717) is 38.1 Å². The number of rotatable bonds is 6. The van der Waals surface area contributed by atoms with Gasteiger partial charge in [0.15, 0.2) is 5.78 Å². The molecule has 0 aromatic rings. The van der Waals surface area contributed by atoms with E-state index in [1.54, 1.807) is 0 Å². The Hall–Kier alpha value is -0.940. The first kappa shape index (κ1) is 16.1. The van der Waals surface area contributed by atoms with Crippen LogP contribution in [-0.2, 0) is 9.59 Å². The van der Waals surface area contributed by atoms with E-state index in [9.17, 15) is 14.7 Å². The molecule has 19 heavy (non-hydrogen) atoms. The standard InChI is InChI=1S/C14H26N2O3/c1-3-9(2)11(16)12(17)14(13(18)19)6-4-10(8-15)5-7-14/h9-11H,3-8,15-16H2,1-2H3,(H,18,19)/t9-,10?,11-,14?/m0/s1. The minimum absolute atomic E-state index is 0.0101. The Bertz CT molecular complexity index is 336. The molecule has 0 unspecified atom stereocenters. The highest BCUT2D eigenvalue weighted by Crippen LogP contribution is 2.41. The molecule has 0 radical (unpaired) electrons. The fourth-order valence-corrected chi connectivity index (χ4v) is 2.80. The highest BCUT2D eigenvalue weighted by atomic mass is 16.4. The first-order valence-corrected chi connectivity index (χ1v) is 7.12. The Morgan fingerprint density at radius 3 is 2.26 bits per heavy atom. The molecule has 5 heteroatoms. The summed E-state index contributed by atoms with van der Waals surface area (Å²) in [6.45, 7) is 4.40. The van der Waals surface area contributed by atoms with Crippen molar-refractivity contribution in [3.05, 3.63) is 0 Å². The topological polar surface area (TPSA) is 106 Å². The van der Waals surface area contributed by atoms with Gasteiger partial charge in [-0.05, 0) is 44.1 Å². The average molecular weight is 270 g/mol. The molecule has 1 aliphatic rings. The Balaban J connectivity index is 2.89. The zero-order valence-electron chi connectivity index (χ0n) is 11.9. The molecule has 5 N–H and O–H groups in total. The number of aliphatic carboxylic acids is 1. The summed E-state index contributed by atoms with van der Waals surface area (Å²) in [5.74, 6) is -0.979. The molecule has 0 heterocycles. The van der Waals surface area contributed by atoms with Crippen LogP contribution in [0.3, 0.4) is 0 Å². The molecule has 1 aliphatic carbocycles. The Morgan fingerprint density at radius 1 is 1.37 bits per heavy atom. The monoisotopic (exact) mass is 270 g/mol. The molecule has 0 aliphatic heterocycles. The van der Waals surface area contributed by atoms with Gasteiger partial charge in [-0.25, -0.2) is 0 Å². The average Bonchev–Trinajstić information content (AvgIpc) is 2.44. The zero-order chi connectivity index (χ0) is 14.6. The minimum atomic E-state index is -1.28. The van der Waals surface area contributed by atoms with E-state index < -0.39 is 17.4 Å². The van der Waals surface area contributed by atoms with E-state index in [0.717, 1.165) is 6.42 Å². The number of carboxylic acid groups (broad SMARTS) is 1. The predicted molar refractivity (Wildman–Crippen MR) is 73.5 cm³/mol. The van der Waals surface area contributed by atoms with Crippen LogP contribution < -0.4 is 11.5 Å². The van der Waals surface area contributed by atoms with Gasteiger partial charge in [0.05, 0.1) is 6.04 Å². The molecular formula is C14H26N2O3. The molecule has 0 spiro atoms. The van der Waals surface area contributed by atoms with Gasteiger partial charge in [0, 0.05) is 0 Å². The van der Waals surface area contributed by atoms with Crippen molar-refractivity contribution in [2.45, 2.75) is 52.0 Å². The molecule has 0 aromatic carbocycles. The number of carbonyl (C=O) groups is 2. The summed E-state index contributed by atoms with van der Waals surface area (Å²) in [5, 5.41) is 9.51. The van der Waals surface area contributed by atoms with E-state index in [-0.39, 0.29) is 11.7 Å². The summed E-state index contributed by atoms with van der Waals surface area (Å²) in [6.07, 6.45) is 2.90. The van der Waals surface area contributed by atoms with Crippen LogP contribution in [0.5, 0.6) is 0 Å². The summed E-state index contributed by atoms with van der Waals surface area (Å²) in [7, 11) is 0. The van der Waals surface area contributed by atoms with Crippen molar-refractivity contribution in [3.63, 3.8) is 0 Å². The molecule has 1 saturated carbocycles. The van der Waals surface area contributed by atoms with Crippen molar-refractivity contribution >= 4 is 11.8 Å². The number of hydrogen-bond acceptors (Lipinski definition) is 4. The van der Waals surface area contributed by atoms with E-state index in [4.69, 9.17) is 11.5 Å². The molecule has 0 aromatic heterocycles. The second kappa shape index (κ2) is 6.48. The van der Waals surface area contributed by atoms with Crippen molar-refractivity contribution < 1.29 is 14.7 Å². The number of Topliss-reactive ketones (excluding diaryl/α,β-unsaturated/α-hetero) is 1. The SMILES string of the molecule is CC[C@H](C)[C@H](N)C(=O)C1(C(=O)O)CCC(CN)CC1. The minimum Gasteiger partial charge on any atom is -0.480 e. The molecular weight excluding hydrogens is 244 g/mol. The number of carbonyl (C=O) groups excluding carboxylic acids is 1. The van der Waals surface area contributed by atoms with Crippen LogP contribution >= 0.6 is 0 Å². The summed E-state index contributed by atoms with van der Waals surface area (Å²) < 4.78 is 0. The van der Waals surface area contributed by atoms with Gasteiger partial charge in [-0.15, -0.1) is 0 Å². The van der Waals surface area contributed by atoms with Crippen LogP contribution in [0.15, 0.2) is 0 Å². The van der Waals surface area contributed by atoms with Gasteiger partial charge >= 0.3 is 5.97 Å². The molecule has 0 amide bonds. The Morgan fingerprint density at radius 2 is 1.89 bits per heavy atom. The maximum atomic E-state index is 12.5. The largest absolute Gasteiger partial charge is 0.480 e. The molecule has 110 valence electrons. The normalized spacial score (nSPS) is 30.6. The number of ketones is 1. The van der Waals surface area contributed by atoms with Crippen LogP contribution in [-0.4, -0.2) is 29.4 Å². The van der Waals surface area contributed by atoms with Gasteiger partial charge in [-0.2, -0.15) is 0 Å². The quantitative estimate of drug-likeness (QED) is 0.628. The lowest BCUT2D eigenvalue weighted by Crippen LogP contribution is -2.52. The highest BCUT2D eigenvalue weighted by Gasteiger charge is 2.50. The van der Waals surface area contributed by atoms with Crippen molar-refractivity contribution in [2.75, 3.05) is 6.54 Å². The first-order valence-electron chi connectivity index (χ1n) is 7.12. The molecule has 0 bridgehead atoms. The summed E-state index contributed by atoms with van der Waals surface area (Å²) in [6, 6.07) is -0.685. The van der Waals surface area contributed by atoms with Gasteiger partial charge in [-0.1, -0.05) is 20.3 Å². The number of carboxylic acids is 1. The van der Waals surface area contributed by atoms with Crippen LogP contribution in [0.25, 0.3) is 0 Å². The fraction of sp³-hybridized carbons (Fsp3) is 0.857. The van der Waals surface area contributed by atoms with Crippen molar-refractivity contribution in [2.24, 2.45) is 28.7 Å². The molecule has 1 fully saturated rings. The van der Waals surface area contributed by atoms with Crippen LogP contribution in [0, 0.1) is 17.3 Å². The van der Waals surface area contributed by atoms with Crippen molar-refractivity contribution in [3.8, 4) is 0 Å². The molecule has 0 saturated heterocycles. The summed E-state index contributed by atoms with van der Waals surface area (Å²) >= 11 is 0. The predicted octanol–water partition coefficient (Wildman–Crippen LogP) is 1.15. The van der Waals surface area contributed by atoms with E-state index in [1.807, 2.05) is 13.8 Å². The second-order valence-corrected chi connectivity index (χ2v) is 5.84. The lowest BCUT2D eigenvalue weighted by Gasteiger charge is -2.37. The van der Waals surface area contributed by atoms with Gasteiger partial charge in [0.2, 0.25) is 0 Å². The van der Waals surface area contributed by atoms with E-state index >= 15 is 0 Å². The molecule has 2 atom stereocenters. The lowest BCUT2D eigenvalue weighted by molar-refractivity contribution is -0.159. The summed E-state index contributed by atoms with van der Waals surface area (Å²) in [4.78, 5) is 24.1. The number of hydrogen-bond donors (Lipinski definition) is 3. The smallest absolute Gasteiger partial charge is 0.317 e. The third-order valence-electron chi connectivity index (χ3n) is 4.73.